The van der Waals surface area contributed by atoms with Gasteiger partial charge in [-0.05, 0) is 44.4 Å². The van der Waals surface area contributed by atoms with Crippen LogP contribution in [-0.2, 0) is 33.4 Å². The molecule has 6 atom stereocenters. The van der Waals surface area contributed by atoms with Crippen LogP contribution in [0.25, 0.3) is 0 Å². The maximum Gasteiger partial charge on any atom is 0.408 e. The molecule has 0 bridgehead atoms. The lowest BCUT2D eigenvalue weighted by Crippen LogP contribution is -2.62. The molecule has 4 amide bonds. The van der Waals surface area contributed by atoms with Crippen molar-refractivity contribution in [2.24, 2.45) is 23.7 Å². The van der Waals surface area contributed by atoms with Gasteiger partial charge in [0.05, 0.1) is 13.2 Å². The van der Waals surface area contributed by atoms with Crippen LogP contribution in [0.15, 0.2) is 0 Å². The highest BCUT2D eigenvalue weighted by Gasteiger charge is 2.53. The molecule has 1 unspecified atom stereocenters. The highest BCUT2D eigenvalue weighted by Crippen LogP contribution is 2.23. The molecule has 0 aliphatic carbocycles. The number of rotatable bonds is 16. The molecule has 44 heavy (non-hydrogen) atoms. The van der Waals surface area contributed by atoms with Gasteiger partial charge in [0.2, 0.25) is 17.6 Å². The van der Waals surface area contributed by atoms with E-state index >= 15 is 8.78 Å². The van der Waals surface area contributed by atoms with Crippen LogP contribution in [0, 0.1) is 23.7 Å². The Hall–Kier alpha value is -3.32. The van der Waals surface area contributed by atoms with Gasteiger partial charge < -0.3 is 30.7 Å². The van der Waals surface area contributed by atoms with Gasteiger partial charge in [-0.15, -0.1) is 0 Å². The van der Waals surface area contributed by atoms with Crippen molar-refractivity contribution in [3.63, 3.8) is 0 Å². The Kier molecular flexibility index (Phi) is 15.9. The van der Waals surface area contributed by atoms with E-state index in [0.717, 1.165) is 7.11 Å². The molecule has 0 fully saturated rings. The minimum atomic E-state index is -4.65. The summed E-state index contributed by atoms with van der Waals surface area (Å²) in [7, 11) is 1.14. The number of hydrogen-bond acceptors (Lipinski definition) is 8. The highest BCUT2D eigenvalue weighted by atomic mass is 19.3. The molecule has 12 nitrogen and oxygen atoms in total. The van der Waals surface area contributed by atoms with Crippen molar-refractivity contribution in [3.05, 3.63) is 0 Å². The minimum absolute atomic E-state index is 0.182. The fourth-order valence-corrected chi connectivity index (χ4v) is 4.03. The third-order valence-corrected chi connectivity index (χ3v) is 7.21. The number of Topliss-reactive ketones (excluding diaryl/α,β-unsaturated/α-hetero) is 1. The van der Waals surface area contributed by atoms with Crippen molar-refractivity contribution in [2.45, 2.75) is 125 Å². The van der Waals surface area contributed by atoms with Crippen LogP contribution in [0.5, 0.6) is 0 Å². The summed E-state index contributed by atoms with van der Waals surface area (Å²) < 4.78 is 40.9. The van der Waals surface area contributed by atoms with Gasteiger partial charge in [-0.3, -0.25) is 19.2 Å². The quantitative estimate of drug-likeness (QED) is 0.148. The zero-order valence-electron chi connectivity index (χ0n) is 28.1. The van der Waals surface area contributed by atoms with Crippen LogP contribution in [0.4, 0.5) is 13.6 Å². The summed E-state index contributed by atoms with van der Waals surface area (Å²) in [6.07, 6.45) is -0.246. The second-order valence-corrected chi connectivity index (χ2v) is 12.8. The topological polar surface area (TPSA) is 169 Å². The number of ketones is 1. The molecule has 0 aliphatic rings. The number of ether oxygens (including phenoxy) is 2. The highest BCUT2D eigenvalue weighted by molar-refractivity contribution is 6.11. The van der Waals surface area contributed by atoms with Crippen LogP contribution in [0.1, 0.15) is 89.0 Å². The monoisotopic (exact) mass is 634 g/mol. The van der Waals surface area contributed by atoms with Crippen LogP contribution < -0.4 is 21.3 Å². The Morgan fingerprint density at radius 3 is 1.45 bits per heavy atom. The maximum absolute atomic E-state index is 15.5. The SMILES string of the molecule is CCC(C)[C@H](NC(=O)[C@@H](NC(=O)OC(C)(C)C)C(C)C)C(=O)C(F)(F)C(=O)N[C@H](C(=O)N[C@H](C(=O)OC)[C@@H](C)CC)C(C)C. The van der Waals surface area contributed by atoms with Gasteiger partial charge in [0.15, 0.2) is 0 Å². The lowest BCUT2D eigenvalue weighted by Gasteiger charge is -2.31. The number of halogens is 2. The second-order valence-electron chi connectivity index (χ2n) is 12.8. The maximum atomic E-state index is 15.5. The first-order chi connectivity index (χ1) is 20.0. The number of carbonyl (C=O) groups is 6. The first-order valence-corrected chi connectivity index (χ1v) is 15.0. The summed E-state index contributed by atoms with van der Waals surface area (Å²) in [5.74, 6) is -13.6. The number of hydrogen-bond donors (Lipinski definition) is 4. The molecule has 0 aliphatic heterocycles. The van der Waals surface area contributed by atoms with E-state index in [0.29, 0.717) is 6.42 Å². The molecule has 254 valence electrons. The average molecular weight is 635 g/mol. The Morgan fingerprint density at radius 2 is 1.07 bits per heavy atom. The van der Waals surface area contributed by atoms with E-state index < -0.39 is 89.0 Å². The first-order valence-electron chi connectivity index (χ1n) is 15.0. The molecule has 0 heterocycles. The number of amides is 4. The summed E-state index contributed by atoms with van der Waals surface area (Å²) in [5.41, 5.74) is -0.869. The van der Waals surface area contributed by atoms with Crippen LogP contribution in [0.3, 0.4) is 0 Å². The van der Waals surface area contributed by atoms with Crippen molar-refractivity contribution in [2.75, 3.05) is 7.11 Å². The number of alkyl halides is 2. The van der Waals surface area contributed by atoms with Gasteiger partial charge in [-0.25, -0.2) is 9.59 Å². The van der Waals surface area contributed by atoms with E-state index in [-0.39, 0.29) is 12.3 Å². The van der Waals surface area contributed by atoms with E-state index in [9.17, 15) is 28.8 Å². The molecule has 4 N–H and O–H groups in total. The molecular weight excluding hydrogens is 582 g/mol. The van der Waals surface area contributed by atoms with Crippen molar-refractivity contribution < 1.29 is 47.0 Å². The Balaban J connectivity index is 6.08. The van der Waals surface area contributed by atoms with Crippen molar-refractivity contribution in [3.8, 4) is 0 Å². The third kappa shape index (κ3) is 12.0. The number of esters is 1. The molecule has 0 radical (unpaired) electrons. The Morgan fingerprint density at radius 1 is 0.659 bits per heavy atom. The fraction of sp³-hybridized carbons (Fsp3) is 0.800. The van der Waals surface area contributed by atoms with E-state index in [4.69, 9.17) is 9.47 Å². The van der Waals surface area contributed by atoms with Crippen LogP contribution in [0.2, 0.25) is 0 Å². The van der Waals surface area contributed by atoms with Crippen LogP contribution >= 0.6 is 0 Å². The number of alkyl carbamates (subject to hydrolysis) is 1. The third-order valence-electron chi connectivity index (χ3n) is 7.21. The smallest absolute Gasteiger partial charge is 0.408 e. The minimum Gasteiger partial charge on any atom is -0.467 e. The normalized spacial score (nSPS) is 16.1. The van der Waals surface area contributed by atoms with Gasteiger partial charge in [-0.2, -0.15) is 8.78 Å². The summed E-state index contributed by atoms with van der Waals surface area (Å²) in [4.78, 5) is 76.8. The molecule has 0 rings (SSSR count). The van der Waals surface area contributed by atoms with Gasteiger partial charge in [0, 0.05) is 0 Å². The predicted molar refractivity (Wildman–Crippen MR) is 160 cm³/mol. The lowest BCUT2D eigenvalue weighted by molar-refractivity contribution is -0.162. The molecule has 0 aromatic carbocycles. The standard InChI is InChI=1S/C30H52F2N4O8/c1-13-17(7)21(33-25(39)20(16(5)6)36-28(42)44-29(9,10)11)23(37)30(31,32)27(41)35-19(15(3)4)24(38)34-22(18(8)14-2)26(40)43-12/h15-22H,13-14H2,1-12H3,(H,33,39)(H,34,38)(H,35,41)(H,36,42)/t17?,18-,19-,20-,21-,22-/m0/s1. The zero-order chi connectivity index (χ0) is 34.7. The lowest BCUT2D eigenvalue weighted by atomic mass is 9.90. The van der Waals surface area contributed by atoms with Crippen molar-refractivity contribution in [1.82, 2.24) is 21.3 Å². The first kappa shape index (κ1) is 40.7. The summed E-state index contributed by atoms with van der Waals surface area (Å²) in [6, 6.07) is -5.67. The van der Waals surface area contributed by atoms with Gasteiger partial charge in [0.25, 0.3) is 5.91 Å². The molecule has 0 saturated carbocycles. The van der Waals surface area contributed by atoms with E-state index in [1.165, 1.54) is 20.8 Å². The number of nitrogens with one attached hydrogen (secondary N) is 4. The second kappa shape index (κ2) is 17.2. The Labute approximate surface area is 259 Å². The van der Waals surface area contributed by atoms with Gasteiger partial charge in [0.1, 0.15) is 23.7 Å². The molecule has 0 saturated heterocycles. The summed E-state index contributed by atoms with van der Waals surface area (Å²) in [5, 5.41) is 9.09. The molecule has 0 aromatic heterocycles. The molecular formula is C30H52F2N4O8. The number of carbonyl (C=O) groups excluding carboxylic acids is 6. The summed E-state index contributed by atoms with van der Waals surface area (Å²) in [6.45, 7) is 17.6. The van der Waals surface area contributed by atoms with Crippen LogP contribution in [-0.4, -0.2) is 78.4 Å². The fourth-order valence-electron chi connectivity index (χ4n) is 4.03. The van der Waals surface area contributed by atoms with Crippen molar-refractivity contribution >= 4 is 35.6 Å². The van der Waals surface area contributed by atoms with E-state index in [2.05, 4.69) is 16.0 Å². The predicted octanol–water partition coefficient (Wildman–Crippen LogP) is 3.12. The average Bonchev–Trinajstić information content (AvgIpc) is 2.92. The Bertz CT molecular complexity index is 1030. The van der Waals surface area contributed by atoms with Crippen molar-refractivity contribution in [1.29, 1.82) is 0 Å². The largest absolute Gasteiger partial charge is 0.467 e. The number of methoxy groups -OCH3 is 1. The molecule has 14 heteroatoms. The summed E-state index contributed by atoms with van der Waals surface area (Å²) >= 11 is 0. The molecule has 0 aromatic rings. The zero-order valence-corrected chi connectivity index (χ0v) is 28.1. The molecule has 0 spiro atoms. The van der Waals surface area contributed by atoms with Gasteiger partial charge >= 0.3 is 18.0 Å². The van der Waals surface area contributed by atoms with E-state index in [1.807, 2.05) is 5.32 Å². The van der Waals surface area contributed by atoms with E-state index in [1.54, 1.807) is 55.4 Å². The van der Waals surface area contributed by atoms with Gasteiger partial charge in [-0.1, -0.05) is 68.2 Å².